The molecule has 0 aromatic carbocycles. The van der Waals surface area contributed by atoms with Gasteiger partial charge in [0.1, 0.15) is 0 Å². The van der Waals surface area contributed by atoms with Gasteiger partial charge in [-0.3, -0.25) is 4.90 Å². The third-order valence-electron chi connectivity index (χ3n) is 4.80. The van der Waals surface area contributed by atoms with Gasteiger partial charge in [0.2, 0.25) is 0 Å². The summed E-state index contributed by atoms with van der Waals surface area (Å²) in [6.07, 6.45) is 4.80. The van der Waals surface area contributed by atoms with Gasteiger partial charge in [0.15, 0.2) is 5.13 Å². The highest BCUT2D eigenvalue weighted by Gasteiger charge is 2.40. The van der Waals surface area contributed by atoms with E-state index in [0.29, 0.717) is 5.41 Å². The molecule has 1 atom stereocenters. The van der Waals surface area contributed by atoms with Gasteiger partial charge >= 0.3 is 0 Å². The molecule has 2 saturated heterocycles. The van der Waals surface area contributed by atoms with Crippen molar-refractivity contribution >= 4 is 28.9 Å². The van der Waals surface area contributed by atoms with Crippen molar-refractivity contribution in [3.8, 4) is 0 Å². The van der Waals surface area contributed by atoms with Crippen molar-refractivity contribution in [1.82, 2.24) is 15.2 Å². The summed E-state index contributed by atoms with van der Waals surface area (Å²) in [7, 11) is 0. The van der Waals surface area contributed by atoms with Crippen LogP contribution in [0.5, 0.6) is 0 Å². The molecule has 2 aliphatic rings. The maximum Gasteiger partial charge on any atom is 0.185 e. The van der Waals surface area contributed by atoms with Gasteiger partial charge in [-0.15, -0.1) is 23.7 Å². The minimum absolute atomic E-state index is 0. The Morgan fingerprint density at radius 2 is 2.19 bits per heavy atom. The molecule has 0 saturated carbocycles. The third kappa shape index (κ3) is 3.70. The molecule has 1 aromatic heterocycles. The monoisotopic (exact) mass is 330 g/mol. The maximum atomic E-state index is 4.59. The Morgan fingerprint density at radius 1 is 1.38 bits per heavy atom. The van der Waals surface area contributed by atoms with E-state index in [4.69, 9.17) is 0 Å². The van der Waals surface area contributed by atoms with E-state index < -0.39 is 0 Å². The van der Waals surface area contributed by atoms with Gasteiger partial charge in [0, 0.05) is 43.8 Å². The fraction of sp³-hybridized carbons (Fsp3) is 0.800. The number of rotatable bonds is 5. The van der Waals surface area contributed by atoms with Crippen LogP contribution >= 0.6 is 23.7 Å². The number of halogens is 1. The van der Waals surface area contributed by atoms with Crippen molar-refractivity contribution in [3.63, 3.8) is 0 Å². The Balaban J connectivity index is 0.00000161. The van der Waals surface area contributed by atoms with Crippen LogP contribution in [0.1, 0.15) is 31.6 Å². The number of hydrogen-bond donors (Lipinski definition) is 1. The molecule has 1 spiro atoms. The highest BCUT2D eigenvalue weighted by Crippen LogP contribution is 2.37. The van der Waals surface area contributed by atoms with Crippen molar-refractivity contribution in [2.75, 3.05) is 44.2 Å². The second kappa shape index (κ2) is 7.27. The van der Waals surface area contributed by atoms with Crippen LogP contribution in [-0.4, -0.2) is 49.2 Å². The molecular weight excluding hydrogens is 304 g/mol. The highest BCUT2D eigenvalue weighted by atomic mass is 35.5. The second-order valence-electron chi connectivity index (χ2n) is 6.17. The molecular formula is C15H27ClN4S. The topological polar surface area (TPSA) is 31.4 Å². The van der Waals surface area contributed by atoms with E-state index in [0.717, 1.165) is 19.6 Å². The van der Waals surface area contributed by atoms with E-state index in [2.05, 4.69) is 40.1 Å². The van der Waals surface area contributed by atoms with Crippen LogP contribution < -0.4 is 10.2 Å². The van der Waals surface area contributed by atoms with Gasteiger partial charge in [0.05, 0.1) is 0 Å². The summed E-state index contributed by atoms with van der Waals surface area (Å²) in [5.41, 5.74) is 0.576. The van der Waals surface area contributed by atoms with Crippen molar-refractivity contribution in [2.24, 2.45) is 5.41 Å². The SMILES string of the molecule is CCN(CC)c1ncc(CN2CCC3(CCNC3)C2)s1.Cl. The summed E-state index contributed by atoms with van der Waals surface area (Å²) in [6, 6.07) is 0. The Hall–Kier alpha value is -0.360. The minimum Gasteiger partial charge on any atom is -0.349 e. The van der Waals surface area contributed by atoms with Crippen molar-refractivity contribution in [2.45, 2.75) is 33.2 Å². The fourth-order valence-corrected chi connectivity index (χ4v) is 4.62. The standard InChI is InChI=1S/C15H26N4S.ClH/c1-3-19(4-2)14-17-9-13(20-14)10-18-8-6-15(12-18)5-7-16-11-15;/h9,16H,3-8,10-12H2,1-2H3;1H. The van der Waals surface area contributed by atoms with Crippen molar-refractivity contribution in [3.05, 3.63) is 11.1 Å². The molecule has 0 bridgehead atoms. The first-order valence-corrected chi connectivity index (χ1v) is 8.69. The average molecular weight is 331 g/mol. The Labute approximate surface area is 138 Å². The van der Waals surface area contributed by atoms with Crippen LogP contribution in [-0.2, 0) is 6.54 Å². The van der Waals surface area contributed by atoms with E-state index in [-0.39, 0.29) is 12.4 Å². The number of thiazole rings is 1. The van der Waals surface area contributed by atoms with Crippen LogP contribution in [0.25, 0.3) is 0 Å². The Morgan fingerprint density at radius 3 is 2.86 bits per heavy atom. The maximum absolute atomic E-state index is 4.59. The Bertz CT molecular complexity index is 441. The van der Waals surface area contributed by atoms with Crippen LogP contribution in [0.15, 0.2) is 6.20 Å². The van der Waals surface area contributed by atoms with Crippen LogP contribution in [0, 0.1) is 5.41 Å². The first kappa shape index (κ1) is 17.0. The van der Waals surface area contributed by atoms with Crippen molar-refractivity contribution in [1.29, 1.82) is 0 Å². The number of likely N-dealkylation sites (tertiary alicyclic amines) is 1. The summed E-state index contributed by atoms with van der Waals surface area (Å²) in [5, 5.41) is 4.71. The molecule has 4 nitrogen and oxygen atoms in total. The third-order valence-corrected chi connectivity index (χ3v) is 5.85. The largest absolute Gasteiger partial charge is 0.349 e. The van der Waals surface area contributed by atoms with E-state index in [9.17, 15) is 0 Å². The summed E-state index contributed by atoms with van der Waals surface area (Å²) in [5.74, 6) is 0. The number of aromatic nitrogens is 1. The lowest BCUT2D eigenvalue weighted by Gasteiger charge is -2.22. The molecule has 2 aliphatic heterocycles. The summed E-state index contributed by atoms with van der Waals surface area (Å²) < 4.78 is 0. The minimum atomic E-state index is 0. The lowest BCUT2D eigenvalue weighted by atomic mass is 9.87. The average Bonchev–Trinajstić information content (AvgIpc) is 3.17. The molecule has 6 heteroatoms. The van der Waals surface area contributed by atoms with Gasteiger partial charge in [0.25, 0.3) is 0 Å². The van der Waals surface area contributed by atoms with Gasteiger partial charge < -0.3 is 10.2 Å². The van der Waals surface area contributed by atoms with Crippen LogP contribution in [0.2, 0.25) is 0 Å². The molecule has 2 fully saturated rings. The number of anilines is 1. The zero-order valence-corrected chi connectivity index (χ0v) is 14.7. The van der Waals surface area contributed by atoms with Crippen LogP contribution in [0.4, 0.5) is 5.13 Å². The molecule has 1 N–H and O–H groups in total. The zero-order valence-electron chi connectivity index (χ0n) is 13.1. The molecule has 1 aromatic rings. The number of nitrogens with one attached hydrogen (secondary N) is 1. The van der Waals surface area contributed by atoms with E-state index >= 15 is 0 Å². The predicted octanol–water partition coefficient (Wildman–Crippen LogP) is 2.60. The number of hydrogen-bond acceptors (Lipinski definition) is 5. The molecule has 0 radical (unpaired) electrons. The smallest absolute Gasteiger partial charge is 0.185 e. The van der Waals surface area contributed by atoms with E-state index in [1.54, 1.807) is 0 Å². The van der Waals surface area contributed by atoms with E-state index in [1.165, 1.54) is 49.0 Å². The zero-order chi connectivity index (χ0) is 14.0. The summed E-state index contributed by atoms with van der Waals surface area (Å²) in [6.45, 7) is 12.5. The first-order valence-electron chi connectivity index (χ1n) is 7.87. The van der Waals surface area contributed by atoms with Gasteiger partial charge in [-0.1, -0.05) is 0 Å². The quantitative estimate of drug-likeness (QED) is 0.899. The normalized spacial score (nSPS) is 25.4. The van der Waals surface area contributed by atoms with E-state index in [1.807, 2.05) is 11.3 Å². The number of nitrogens with zero attached hydrogens (tertiary/aromatic N) is 3. The summed E-state index contributed by atoms with van der Waals surface area (Å²) >= 11 is 1.87. The summed E-state index contributed by atoms with van der Waals surface area (Å²) in [4.78, 5) is 11.0. The highest BCUT2D eigenvalue weighted by molar-refractivity contribution is 7.15. The lowest BCUT2D eigenvalue weighted by Crippen LogP contribution is -2.28. The first-order chi connectivity index (χ1) is 9.74. The van der Waals surface area contributed by atoms with Gasteiger partial charge in [-0.25, -0.2) is 4.98 Å². The molecule has 0 amide bonds. The van der Waals surface area contributed by atoms with Gasteiger partial charge in [-0.05, 0) is 45.2 Å². The fourth-order valence-electron chi connectivity index (χ4n) is 3.54. The van der Waals surface area contributed by atoms with Crippen molar-refractivity contribution < 1.29 is 0 Å². The molecule has 3 heterocycles. The lowest BCUT2D eigenvalue weighted by molar-refractivity contribution is 0.270. The molecule has 120 valence electrons. The Kier molecular flexibility index (Phi) is 5.88. The molecule has 3 rings (SSSR count). The second-order valence-corrected chi connectivity index (χ2v) is 7.26. The molecule has 0 aliphatic carbocycles. The van der Waals surface area contributed by atoms with Gasteiger partial charge in [-0.2, -0.15) is 0 Å². The molecule has 1 unspecified atom stereocenters. The molecule has 21 heavy (non-hydrogen) atoms. The van der Waals surface area contributed by atoms with Crippen LogP contribution in [0.3, 0.4) is 0 Å². The predicted molar refractivity (Wildman–Crippen MR) is 92.7 cm³/mol.